The number of halogens is 1. The zero-order chi connectivity index (χ0) is 8.10. The average Bonchev–Trinajstić information content (AvgIpc) is 2.07. The lowest BCUT2D eigenvalue weighted by Gasteiger charge is -2.25. The molecule has 0 spiro atoms. The van der Waals surface area contributed by atoms with Gasteiger partial charge >= 0.3 is 0 Å². The fraction of sp³-hybridized carbons (Fsp3) is 0.778. The lowest BCUT2D eigenvalue weighted by Crippen LogP contribution is -2.34. The Morgan fingerprint density at radius 1 is 1.73 bits per heavy atom. The minimum absolute atomic E-state index is 0.224. The number of hydrogen-bond donors (Lipinski definition) is 1. The van der Waals surface area contributed by atoms with Crippen LogP contribution in [0.5, 0.6) is 0 Å². The largest absolute Gasteiger partial charge is 0.316 e. The SMILES string of the molecule is C=CCC(F)C1CCCNC1. The van der Waals surface area contributed by atoms with Crippen LogP contribution in [0.1, 0.15) is 19.3 Å². The van der Waals surface area contributed by atoms with E-state index in [2.05, 4.69) is 11.9 Å². The molecule has 1 rings (SSSR count). The van der Waals surface area contributed by atoms with Gasteiger partial charge in [-0.1, -0.05) is 6.08 Å². The first-order valence-corrected chi connectivity index (χ1v) is 4.30. The van der Waals surface area contributed by atoms with Crippen molar-refractivity contribution in [2.45, 2.75) is 25.4 Å². The van der Waals surface area contributed by atoms with Crippen LogP contribution in [0.4, 0.5) is 4.39 Å². The van der Waals surface area contributed by atoms with Crippen LogP contribution < -0.4 is 5.32 Å². The number of rotatable bonds is 3. The maximum atomic E-state index is 13.2. The zero-order valence-electron chi connectivity index (χ0n) is 6.85. The van der Waals surface area contributed by atoms with Crippen LogP contribution in [0.25, 0.3) is 0 Å². The molecule has 1 saturated heterocycles. The van der Waals surface area contributed by atoms with Gasteiger partial charge in [-0.05, 0) is 25.8 Å². The summed E-state index contributed by atoms with van der Waals surface area (Å²) in [6.45, 7) is 5.43. The molecule has 64 valence electrons. The first-order valence-electron chi connectivity index (χ1n) is 4.30. The number of piperidine rings is 1. The molecule has 0 bridgehead atoms. The second-order valence-corrected chi connectivity index (χ2v) is 3.15. The molecule has 1 heterocycles. The Kier molecular flexibility index (Phi) is 3.57. The van der Waals surface area contributed by atoms with Crippen molar-refractivity contribution < 1.29 is 4.39 Å². The van der Waals surface area contributed by atoms with Gasteiger partial charge in [-0.15, -0.1) is 6.58 Å². The minimum Gasteiger partial charge on any atom is -0.316 e. The maximum absolute atomic E-state index is 13.2. The summed E-state index contributed by atoms with van der Waals surface area (Å²) in [5.74, 6) is 0.224. The van der Waals surface area contributed by atoms with E-state index in [1.54, 1.807) is 6.08 Å². The van der Waals surface area contributed by atoms with Crippen molar-refractivity contribution in [2.24, 2.45) is 5.92 Å². The van der Waals surface area contributed by atoms with E-state index < -0.39 is 6.17 Å². The van der Waals surface area contributed by atoms with Gasteiger partial charge < -0.3 is 5.32 Å². The molecule has 1 nitrogen and oxygen atoms in total. The summed E-state index contributed by atoms with van der Waals surface area (Å²) in [7, 11) is 0. The van der Waals surface area contributed by atoms with Crippen LogP contribution in [0, 0.1) is 5.92 Å². The fourth-order valence-electron chi connectivity index (χ4n) is 1.54. The van der Waals surface area contributed by atoms with Gasteiger partial charge in [0, 0.05) is 12.5 Å². The number of allylic oxidation sites excluding steroid dienone is 1. The van der Waals surface area contributed by atoms with E-state index in [1.165, 1.54) is 0 Å². The van der Waals surface area contributed by atoms with Crippen LogP contribution >= 0.6 is 0 Å². The average molecular weight is 157 g/mol. The van der Waals surface area contributed by atoms with Gasteiger partial charge in [0.25, 0.3) is 0 Å². The first kappa shape index (κ1) is 8.72. The van der Waals surface area contributed by atoms with E-state index >= 15 is 0 Å². The van der Waals surface area contributed by atoms with E-state index in [4.69, 9.17) is 0 Å². The molecule has 11 heavy (non-hydrogen) atoms. The molecule has 1 fully saturated rings. The molecule has 0 radical (unpaired) electrons. The summed E-state index contributed by atoms with van der Waals surface area (Å²) in [4.78, 5) is 0. The van der Waals surface area contributed by atoms with Crippen molar-refractivity contribution in [1.82, 2.24) is 5.32 Å². The molecular formula is C9H16FN. The van der Waals surface area contributed by atoms with E-state index in [9.17, 15) is 4.39 Å². The van der Waals surface area contributed by atoms with Gasteiger partial charge in [0.1, 0.15) is 6.17 Å². The van der Waals surface area contributed by atoms with Crippen LogP contribution in [0.15, 0.2) is 12.7 Å². The summed E-state index contributed by atoms with van der Waals surface area (Å²) < 4.78 is 13.2. The van der Waals surface area contributed by atoms with Gasteiger partial charge in [0.15, 0.2) is 0 Å². The van der Waals surface area contributed by atoms with Crippen molar-refractivity contribution in [1.29, 1.82) is 0 Å². The second kappa shape index (κ2) is 4.50. The highest BCUT2D eigenvalue weighted by Crippen LogP contribution is 2.19. The zero-order valence-corrected chi connectivity index (χ0v) is 6.85. The van der Waals surface area contributed by atoms with E-state index in [0.29, 0.717) is 6.42 Å². The van der Waals surface area contributed by atoms with Gasteiger partial charge in [-0.3, -0.25) is 0 Å². The monoisotopic (exact) mass is 157 g/mol. The second-order valence-electron chi connectivity index (χ2n) is 3.15. The molecule has 2 heteroatoms. The Hall–Kier alpha value is -0.370. The van der Waals surface area contributed by atoms with Crippen molar-refractivity contribution in [3.05, 3.63) is 12.7 Å². The Balaban J connectivity index is 2.26. The smallest absolute Gasteiger partial charge is 0.108 e. The molecule has 2 unspecified atom stereocenters. The van der Waals surface area contributed by atoms with Crippen molar-refractivity contribution in [3.8, 4) is 0 Å². The third kappa shape index (κ3) is 2.62. The highest BCUT2D eigenvalue weighted by atomic mass is 19.1. The normalized spacial score (nSPS) is 27.9. The lowest BCUT2D eigenvalue weighted by atomic mass is 9.93. The number of alkyl halides is 1. The topological polar surface area (TPSA) is 12.0 Å². The highest BCUT2D eigenvalue weighted by molar-refractivity contribution is 4.81. The molecule has 0 aliphatic carbocycles. The summed E-state index contributed by atoms with van der Waals surface area (Å²) in [5, 5.41) is 3.20. The molecular weight excluding hydrogens is 141 g/mol. The van der Waals surface area contributed by atoms with Crippen molar-refractivity contribution >= 4 is 0 Å². The Bertz CT molecular complexity index is 119. The Labute approximate surface area is 67.7 Å². The first-order chi connectivity index (χ1) is 5.34. The van der Waals surface area contributed by atoms with Crippen LogP contribution in [-0.4, -0.2) is 19.3 Å². The minimum atomic E-state index is -0.680. The quantitative estimate of drug-likeness (QED) is 0.617. The molecule has 0 aromatic heterocycles. The van der Waals surface area contributed by atoms with Crippen molar-refractivity contribution in [3.63, 3.8) is 0 Å². The van der Waals surface area contributed by atoms with Gasteiger partial charge in [-0.25, -0.2) is 4.39 Å². The standard InChI is InChI=1S/C9H16FN/c1-2-4-9(10)8-5-3-6-11-7-8/h2,8-9,11H,1,3-7H2. The van der Waals surface area contributed by atoms with Crippen molar-refractivity contribution in [2.75, 3.05) is 13.1 Å². The molecule has 1 aliphatic rings. The third-order valence-corrected chi connectivity index (χ3v) is 2.24. The predicted octanol–water partition coefficient (Wildman–Crippen LogP) is 1.90. The molecule has 1 N–H and O–H groups in total. The van der Waals surface area contributed by atoms with Gasteiger partial charge in [0.05, 0.1) is 0 Å². The highest BCUT2D eigenvalue weighted by Gasteiger charge is 2.21. The summed E-state index contributed by atoms with van der Waals surface area (Å²) in [6.07, 6.45) is 3.64. The van der Waals surface area contributed by atoms with Crippen LogP contribution in [0.2, 0.25) is 0 Å². The van der Waals surface area contributed by atoms with Gasteiger partial charge in [0.2, 0.25) is 0 Å². The van der Waals surface area contributed by atoms with Crippen LogP contribution in [0.3, 0.4) is 0 Å². The molecule has 0 aromatic carbocycles. The molecule has 0 aromatic rings. The number of nitrogens with one attached hydrogen (secondary N) is 1. The van der Waals surface area contributed by atoms with Crippen LogP contribution in [-0.2, 0) is 0 Å². The third-order valence-electron chi connectivity index (χ3n) is 2.24. The molecule has 2 atom stereocenters. The Morgan fingerprint density at radius 2 is 2.55 bits per heavy atom. The summed E-state index contributed by atoms with van der Waals surface area (Å²) >= 11 is 0. The molecule has 1 aliphatic heterocycles. The number of hydrogen-bond acceptors (Lipinski definition) is 1. The summed E-state index contributed by atoms with van der Waals surface area (Å²) in [6, 6.07) is 0. The summed E-state index contributed by atoms with van der Waals surface area (Å²) in [5.41, 5.74) is 0. The van der Waals surface area contributed by atoms with E-state index in [1.807, 2.05) is 0 Å². The van der Waals surface area contributed by atoms with E-state index in [0.717, 1.165) is 25.9 Å². The maximum Gasteiger partial charge on any atom is 0.108 e. The fourth-order valence-corrected chi connectivity index (χ4v) is 1.54. The molecule has 0 saturated carbocycles. The Morgan fingerprint density at radius 3 is 3.09 bits per heavy atom. The predicted molar refractivity (Wildman–Crippen MR) is 45.3 cm³/mol. The van der Waals surface area contributed by atoms with Gasteiger partial charge in [-0.2, -0.15) is 0 Å². The molecule has 0 amide bonds. The van der Waals surface area contributed by atoms with E-state index in [-0.39, 0.29) is 5.92 Å². The lowest BCUT2D eigenvalue weighted by molar-refractivity contribution is 0.194.